The van der Waals surface area contributed by atoms with Crippen molar-refractivity contribution in [1.82, 2.24) is 0 Å². The van der Waals surface area contributed by atoms with Crippen molar-refractivity contribution >= 4 is 17.9 Å². The molecule has 2 atom stereocenters. The van der Waals surface area contributed by atoms with E-state index in [9.17, 15) is 14.4 Å². The first-order chi connectivity index (χ1) is 28.1. The van der Waals surface area contributed by atoms with Gasteiger partial charge in [0.15, 0.2) is 6.10 Å². The average Bonchev–Trinajstić information content (AvgIpc) is 3.19. The van der Waals surface area contributed by atoms with Crippen LogP contribution in [0.1, 0.15) is 279 Å². The standard InChI is InChI=1S/C52H100O6/c1-7-48(6)40-34-28-22-18-19-24-30-36-42-51(54)57-45-49(58-52(55)43-37-31-25-17-13-12-15-21-27-33-39-47(4)5)44-56-50(53)41-35-29-23-16-11-9-8-10-14-20-26-32-38-46(2)3/h46-49H,7-45H2,1-6H3/t48?,49-/m0/s1. The summed E-state index contributed by atoms with van der Waals surface area (Å²) in [5.74, 6) is 1.64. The minimum atomic E-state index is -0.763. The van der Waals surface area contributed by atoms with Crippen LogP contribution in [-0.4, -0.2) is 37.2 Å². The van der Waals surface area contributed by atoms with Crippen LogP contribution in [0.25, 0.3) is 0 Å². The minimum absolute atomic E-state index is 0.0651. The summed E-state index contributed by atoms with van der Waals surface area (Å²) in [4.78, 5) is 37.9. The Hall–Kier alpha value is -1.59. The van der Waals surface area contributed by atoms with Crippen molar-refractivity contribution in [3.63, 3.8) is 0 Å². The van der Waals surface area contributed by atoms with Crippen molar-refractivity contribution in [2.24, 2.45) is 17.8 Å². The molecule has 0 fully saturated rings. The van der Waals surface area contributed by atoms with E-state index in [0.29, 0.717) is 19.3 Å². The molecule has 0 aliphatic heterocycles. The number of rotatable bonds is 45. The monoisotopic (exact) mass is 821 g/mol. The lowest BCUT2D eigenvalue weighted by Crippen LogP contribution is -2.30. The van der Waals surface area contributed by atoms with Crippen LogP contribution in [0.2, 0.25) is 0 Å². The van der Waals surface area contributed by atoms with Crippen LogP contribution >= 0.6 is 0 Å². The Morgan fingerprint density at radius 2 is 0.603 bits per heavy atom. The van der Waals surface area contributed by atoms with Gasteiger partial charge in [0, 0.05) is 19.3 Å². The highest BCUT2D eigenvalue weighted by Crippen LogP contribution is 2.18. The summed E-state index contributed by atoms with van der Waals surface area (Å²) < 4.78 is 16.8. The molecule has 0 aromatic rings. The number of unbranched alkanes of at least 4 members (excludes halogenated alkanes) is 27. The highest BCUT2D eigenvalue weighted by molar-refractivity contribution is 5.71. The average molecular weight is 821 g/mol. The van der Waals surface area contributed by atoms with Crippen LogP contribution in [0, 0.1) is 17.8 Å². The molecular weight excluding hydrogens is 721 g/mol. The normalized spacial score (nSPS) is 12.6. The molecule has 0 aromatic carbocycles. The maximum absolute atomic E-state index is 12.8. The summed E-state index contributed by atoms with van der Waals surface area (Å²) in [5, 5.41) is 0. The second kappa shape index (κ2) is 43.5. The molecule has 0 radical (unpaired) electrons. The van der Waals surface area contributed by atoms with E-state index in [1.54, 1.807) is 0 Å². The van der Waals surface area contributed by atoms with Gasteiger partial charge in [-0.3, -0.25) is 14.4 Å². The van der Waals surface area contributed by atoms with Crippen LogP contribution in [0.15, 0.2) is 0 Å². The van der Waals surface area contributed by atoms with Gasteiger partial charge < -0.3 is 14.2 Å². The van der Waals surface area contributed by atoms with Gasteiger partial charge in [-0.2, -0.15) is 0 Å². The van der Waals surface area contributed by atoms with Crippen LogP contribution < -0.4 is 0 Å². The van der Waals surface area contributed by atoms with Crippen LogP contribution in [0.5, 0.6) is 0 Å². The molecule has 0 bridgehead atoms. The second-order valence-electron chi connectivity index (χ2n) is 19.0. The van der Waals surface area contributed by atoms with Crippen molar-refractivity contribution in [2.75, 3.05) is 13.2 Å². The van der Waals surface area contributed by atoms with Gasteiger partial charge in [-0.1, -0.05) is 241 Å². The van der Waals surface area contributed by atoms with E-state index in [2.05, 4.69) is 41.5 Å². The lowest BCUT2D eigenvalue weighted by atomic mass is 9.99. The zero-order valence-electron chi connectivity index (χ0n) is 39.8. The van der Waals surface area contributed by atoms with Gasteiger partial charge in [-0.25, -0.2) is 0 Å². The SMILES string of the molecule is CCC(C)CCCCCCCCCCC(=O)OC[C@H](COC(=O)CCCCCCCCCCCCCCC(C)C)OC(=O)CCCCCCCCCCCCC(C)C. The first-order valence-electron chi connectivity index (χ1n) is 25.6. The first kappa shape index (κ1) is 56.4. The molecule has 6 nitrogen and oxygen atoms in total. The predicted octanol–water partition coefficient (Wildman–Crippen LogP) is 16.4. The summed E-state index contributed by atoms with van der Waals surface area (Å²) in [5.41, 5.74) is 0. The highest BCUT2D eigenvalue weighted by Gasteiger charge is 2.19. The second-order valence-corrected chi connectivity index (χ2v) is 19.0. The summed E-state index contributed by atoms with van der Waals surface area (Å²) in [7, 11) is 0. The molecule has 0 N–H and O–H groups in total. The quantitative estimate of drug-likeness (QED) is 0.0346. The van der Waals surface area contributed by atoms with Crippen molar-refractivity contribution in [1.29, 1.82) is 0 Å². The van der Waals surface area contributed by atoms with E-state index in [1.807, 2.05) is 0 Å². The summed E-state index contributed by atoms with van der Waals surface area (Å²) in [6.07, 6.45) is 42.3. The van der Waals surface area contributed by atoms with E-state index in [0.717, 1.165) is 75.5 Å². The Bertz CT molecular complexity index is 900. The van der Waals surface area contributed by atoms with E-state index >= 15 is 0 Å². The Morgan fingerprint density at radius 3 is 0.897 bits per heavy atom. The molecule has 344 valence electrons. The molecule has 0 spiro atoms. The van der Waals surface area contributed by atoms with Crippen molar-refractivity contribution in [3.05, 3.63) is 0 Å². The van der Waals surface area contributed by atoms with Gasteiger partial charge in [-0.15, -0.1) is 0 Å². The molecule has 0 aliphatic carbocycles. The van der Waals surface area contributed by atoms with Crippen LogP contribution in [0.3, 0.4) is 0 Å². The highest BCUT2D eigenvalue weighted by atomic mass is 16.6. The van der Waals surface area contributed by atoms with Crippen LogP contribution in [0.4, 0.5) is 0 Å². The summed E-state index contributed by atoms with van der Waals surface area (Å²) in [6, 6.07) is 0. The molecule has 0 saturated carbocycles. The van der Waals surface area contributed by atoms with Gasteiger partial charge in [0.05, 0.1) is 0 Å². The molecular formula is C52H100O6. The van der Waals surface area contributed by atoms with Gasteiger partial charge in [0.2, 0.25) is 0 Å². The van der Waals surface area contributed by atoms with E-state index < -0.39 is 6.10 Å². The minimum Gasteiger partial charge on any atom is -0.462 e. The lowest BCUT2D eigenvalue weighted by molar-refractivity contribution is -0.167. The number of ether oxygens (including phenoxy) is 3. The molecule has 1 unspecified atom stereocenters. The third-order valence-corrected chi connectivity index (χ3v) is 12.0. The van der Waals surface area contributed by atoms with E-state index in [1.165, 1.54) is 161 Å². The Morgan fingerprint density at radius 1 is 0.345 bits per heavy atom. The van der Waals surface area contributed by atoms with Gasteiger partial charge >= 0.3 is 17.9 Å². The fraction of sp³-hybridized carbons (Fsp3) is 0.942. The first-order valence-corrected chi connectivity index (χ1v) is 25.6. The third kappa shape index (κ3) is 44.0. The summed E-state index contributed by atoms with van der Waals surface area (Å²) in [6.45, 7) is 13.7. The molecule has 0 heterocycles. The Balaban J connectivity index is 4.33. The fourth-order valence-corrected chi connectivity index (χ4v) is 7.73. The molecule has 0 amide bonds. The Labute approximate surface area is 361 Å². The lowest BCUT2D eigenvalue weighted by Gasteiger charge is -2.18. The molecule has 0 saturated heterocycles. The summed E-state index contributed by atoms with van der Waals surface area (Å²) >= 11 is 0. The largest absolute Gasteiger partial charge is 0.462 e. The van der Waals surface area contributed by atoms with Gasteiger partial charge in [-0.05, 0) is 37.0 Å². The zero-order chi connectivity index (χ0) is 42.7. The maximum Gasteiger partial charge on any atom is 0.306 e. The number of hydrogen-bond donors (Lipinski definition) is 0. The van der Waals surface area contributed by atoms with Gasteiger partial charge in [0.25, 0.3) is 0 Å². The molecule has 58 heavy (non-hydrogen) atoms. The zero-order valence-corrected chi connectivity index (χ0v) is 39.8. The van der Waals surface area contributed by atoms with E-state index in [-0.39, 0.29) is 31.1 Å². The van der Waals surface area contributed by atoms with E-state index in [4.69, 9.17) is 14.2 Å². The molecule has 0 rings (SSSR count). The Kier molecular flexibility index (Phi) is 42.3. The number of esters is 3. The van der Waals surface area contributed by atoms with Crippen molar-refractivity contribution in [3.8, 4) is 0 Å². The fourth-order valence-electron chi connectivity index (χ4n) is 7.73. The molecule has 0 aliphatic rings. The van der Waals surface area contributed by atoms with Crippen LogP contribution in [-0.2, 0) is 28.6 Å². The third-order valence-electron chi connectivity index (χ3n) is 12.0. The topological polar surface area (TPSA) is 78.9 Å². The van der Waals surface area contributed by atoms with Gasteiger partial charge in [0.1, 0.15) is 13.2 Å². The van der Waals surface area contributed by atoms with Crippen molar-refractivity contribution < 1.29 is 28.6 Å². The smallest absolute Gasteiger partial charge is 0.306 e. The molecule has 0 aromatic heterocycles. The predicted molar refractivity (Wildman–Crippen MR) is 247 cm³/mol. The maximum atomic E-state index is 12.8. The van der Waals surface area contributed by atoms with Crippen molar-refractivity contribution in [2.45, 2.75) is 285 Å². The number of carbonyl (C=O) groups is 3. The molecule has 6 heteroatoms. The number of carbonyl (C=O) groups excluding carboxylic acids is 3. The number of hydrogen-bond acceptors (Lipinski definition) is 6.